The highest BCUT2D eigenvalue weighted by Gasteiger charge is 2.27. The summed E-state index contributed by atoms with van der Waals surface area (Å²) in [4.78, 5) is 12.1. The Balaban J connectivity index is 1.87. The van der Waals surface area contributed by atoms with Gasteiger partial charge in [0.2, 0.25) is 5.91 Å². The second-order valence-electron chi connectivity index (χ2n) is 5.58. The summed E-state index contributed by atoms with van der Waals surface area (Å²) in [6, 6.07) is 9.46. The molecule has 0 spiro atoms. The van der Waals surface area contributed by atoms with Crippen LogP contribution in [0.1, 0.15) is 32.6 Å². The predicted octanol–water partition coefficient (Wildman–Crippen LogP) is 2.15. The lowest BCUT2D eigenvalue weighted by Gasteiger charge is -2.33. The lowest BCUT2D eigenvalue weighted by atomic mass is 9.84. The van der Waals surface area contributed by atoms with Crippen LogP contribution in [0.2, 0.25) is 0 Å². The minimum absolute atomic E-state index is 0.0292. The molecule has 1 aromatic carbocycles. The van der Waals surface area contributed by atoms with E-state index in [9.17, 15) is 9.90 Å². The van der Waals surface area contributed by atoms with Crippen molar-refractivity contribution in [1.29, 1.82) is 0 Å². The summed E-state index contributed by atoms with van der Waals surface area (Å²) in [5, 5.41) is 15.7. The maximum atomic E-state index is 12.1. The fourth-order valence-electron chi connectivity index (χ4n) is 2.81. The van der Waals surface area contributed by atoms with Crippen molar-refractivity contribution in [3.63, 3.8) is 0 Å². The Labute approximate surface area is 120 Å². The number of aliphatic hydroxyl groups excluding tert-OH is 1. The molecule has 1 aliphatic carbocycles. The zero-order valence-corrected chi connectivity index (χ0v) is 12.0. The van der Waals surface area contributed by atoms with Crippen LogP contribution in [0.4, 0.5) is 5.69 Å². The standard InChI is InChI=1S/C16H24N2O2/c1-12(16(20)18-14-8-3-2-4-9-14)17-15-10-6-5-7-13(15)11-19/h2-4,8-9,12-13,15,17,19H,5-7,10-11H2,1H3,(H,18,20). The van der Waals surface area contributed by atoms with Crippen LogP contribution in [0.15, 0.2) is 30.3 Å². The summed E-state index contributed by atoms with van der Waals surface area (Å²) in [6.07, 6.45) is 4.42. The molecule has 2 rings (SSSR count). The number of carbonyl (C=O) groups is 1. The van der Waals surface area contributed by atoms with Crippen LogP contribution in [-0.2, 0) is 4.79 Å². The van der Waals surface area contributed by atoms with Crippen molar-refractivity contribution in [1.82, 2.24) is 5.32 Å². The molecule has 1 saturated carbocycles. The van der Waals surface area contributed by atoms with Crippen LogP contribution in [0, 0.1) is 5.92 Å². The Morgan fingerprint density at radius 1 is 1.30 bits per heavy atom. The first-order valence-electron chi connectivity index (χ1n) is 7.43. The van der Waals surface area contributed by atoms with Crippen molar-refractivity contribution in [3.05, 3.63) is 30.3 Å². The number of nitrogens with one attached hydrogen (secondary N) is 2. The molecule has 4 heteroatoms. The third-order valence-corrected chi connectivity index (χ3v) is 4.04. The van der Waals surface area contributed by atoms with E-state index in [1.807, 2.05) is 37.3 Å². The Morgan fingerprint density at radius 2 is 2.00 bits per heavy atom. The van der Waals surface area contributed by atoms with E-state index in [1.165, 1.54) is 12.8 Å². The number of anilines is 1. The van der Waals surface area contributed by atoms with E-state index in [0.29, 0.717) is 0 Å². The van der Waals surface area contributed by atoms with E-state index in [1.54, 1.807) is 0 Å². The average Bonchev–Trinajstić information content (AvgIpc) is 2.48. The summed E-state index contributed by atoms with van der Waals surface area (Å²) in [5.74, 6) is 0.245. The Hall–Kier alpha value is -1.39. The van der Waals surface area contributed by atoms with Gasteiger partial charge in [-0.3, -0.25) is 4.79 Å². The zero-order chi connectivity index (χ0) is 14.4. The SMILES string of the molecule is CC(NC1CCCCC1CO)C(=O)Nc1ccccc1. The van der Waals surface area contributed by atoms with Crippen molar-refractivity contribution in [2.45, 2.75) is 44.7 Å². The third-order valence-electron chi connectivity index (χ3n) is 4.04. The Kier molecular flexibility index (Phi) is 5.56. The number of aliphatic hydroxyl groups is 1. The topological polar surface area (TPSA) is 61.4 Å². The number of hydrogen-bond donors (Lipinski definition) is 3. The monoisotopic (exact) mass is 276 g/mol. The number of hydrogen-bond acceptors (Lipinski definition) is 3. The first kappa shape index (κ1) is 15.0. The Morgan fingerprint density at radius 3 is 2.70 bits per heavy atom. The first-order valence-corrected chi connectivity index (χ1v) is 7.43. The minimum atomic E-state index is -0.257. The molecule has 1 aliphatic rings. The largest absolute Gasteiger partial charge is 0.396 e. The second-order valence-corrected chi connectivity index (χ2v) is 5.58. The van der Waals surface area contributed by atoms with Gasteiger partial charge in [0.15, 0.2) is 0 Å². The van der Waals surface area contributed by atoms with E-state index >= 15 is 0 Å². The molecular formula is C16H24N2O2. The van der Waals surface area contributed by atoms with Gasteiger partial charge in [0.05, 0.1) is 6.04 Å². The third kappa shape index (κ3) is 4.05. The van der Waals surface area contributed by atoms with Crippen LogP contribution >= 0.6 is 0 Å². The summed E-state index contributed by atoms with van der Waals surface area (Å²) < 4.78 is 0. The van der Waals surface area contributed by atoms with Gasteiger partial charge in [-0.2, -0.15) is 0 Å². The number of amides is 1. The fraction of sp³-hybridized carbons (Fsp3) is 0.562. The molecule has 3 N–H and O–H groups in total. The molecule has 0 aliphatic heterocycles. The van der Waals surface area contributed by atoms with Crippen LogP contribution in [0.25, 0.3) is 0 Å². The van der Waals surface area contributed by atoms with Gasteiger partial charge in [-0.15, -0.1) is 0 Å². The molecule has 0 heterocycles. The van der Waals surface area contributed by atoms with Crippen molar-refractivity contribution in [2.24, 2.45) is 5.92 Å². The van der Waals surface area contributed by atoms with Crippen molar-refractivity contribution < 1.29 is 9.90 Å². The van der Waals surface area contributed by atoms with E-state index in [-0.39, 0.29) is 30.5 Å². The highest BCUT2D eigenvalue weighted by Crippen LogP contribution is 2.24. The second kappa shape index (κ2) is 7.41. The summed E-state index contributed by atoms with van der Waals surface area (Å²) >= 11 is 0. The van der Waals surface area contributed by atoms with Gasteiger partial charge >= 0.3 is 0 Å². The highest BCUT2D eigenvalue weighted by atomic mass is 16.3. The van der Waals surface area contributed by atoms with Crippen LogP contribution in [0.5, 0.6) is 0 Å². The summed E-state index contributed by atoms with van der Waals surface area (Å²) in [5.41, 5.74) is 0.813. The molecule has 3 atom stereocenters. The first-order chi connectivity index (χ1) is 9.70. The molecule has 3 unspecified atom stereocenters. The molecule has 0 radical (unpaired) electrons. The lowest BCUT2D eigenvalue weighted by molar-refractivity contribution is -0.118. The van der Waals surface area contributed by atoms with Gasteiger partial charge in [-0.1, -0.05) is 31.0 Å². The highest BCUT2D eigenvalue weighted by molar-refractivity contribution is 5.94. The molecule has 1 amide bonds. The molecule has 0 aromatic heterocycles. The van der Waals surface area contributed by atoms with E-state index in [0.717, 1.165) is 18.5 Å². The van der Waals surface area contributed by atoms with Gasteiger partial charge in [-0.25, -0.2) is 0 Å². The van der Waals surface area contributed by atoms with Gasteiger partial charge in [0.25, 0.3) is 0 Å². The molecule has 20 heavy (non-hydrogen) atoms. The molecule has 1 fully saturated rings. The van der Waals surface area contributed by atoms with Crippen LogP contribution in [-0.4, -0.2) is 29.7 Å². The quantitative estimate of drug-likeness (QED) is 0.772. The lowest BCUT2D eigenvalue weighted by Crippen LogP contribution is -2.48. The van der Waals surface area contributed by atoms with E-state index in [2.05, 4.69) is 10.6 Å². The number of rotatable bonds is 5. The molecule has 0 bridgehead atoms. The molecular weight excluding hydrogens is 252 g/mol. The predicted molar refractivity (Wildman–Crippen MR) is 80.5 cm³/mol. The van der Waals surface area contributed by atoms with Crippen molar-refractivity contribution in [3.8, 4) is 0 Å². The fourth-order valence-corrected chi connectivity index (χ4v) is 2.81. The smallest absolute Gasteiger partial charge is 0.241 e. The summed E-state index contributed by atoms with van der Waals surface area (Å²) in [7, 11) is 0. The molecule has 110 valence electrons. The van der Waals surface area contributed by atoms with Crippen LogP contribution < -0.4 is 10.6 Å². The molecule has 1 aromatic rings. The van der Waals surface area contributed by atoms with E-state index < -0.39 is 0 Å². The van der Waals surface area contributed by atoms with Crippen LogP contribution in [0.3, 0.4) is 0 Å². The maximum absolute atomic E-state index is 12.1. The zero-order valence-electron chi connectivity index (χ0n) is 12.0. The Bertz CT molecular complexity index is 422. The van der Waals surface area contributed by atoms with Gasteiger partial charge in [0, 0.05) is 18.3 Å². The maximum Gasteiger partial charge on any atom is 0.241 e. The minimum Gasteiger partial charge on any atom is -0.396 e. The molecule has 4 nitrogen and oxygen atoms in total. The average molecular weight is 276 g/mol. The normalized spacial score (nSPS) is 24.1. The number of para-hydroxylation sites is 1. The van der Waals surface area contributed by atoms with Gasteiger partial charge in [-0.05, 0) is 37.8 Å². The number of benzene rings is 1. The van der Waals surface area contributed by atoms with Crippen molar-refractivity contribution >= 4 is 11.6 Å². The van der Waals surface area contributed by atoms with Crippen molar-refractivity contribution in [2.75, 3.05) is 11.9 Å². The van der Waals surface area contributed by atoms with Gasteiger partial charge in [0.1, 0.15) is 0 Å². The van der Waals surface area contributed by atoms with E-state index in [4.69, 9.17) is 0 Å². The summed E-state index contributed by atoms with van der Waals surface area (Å²) in [6.45, 7) is 2.08. The molecule has 0 saturated heterocycles. The van der Waals surface area contributed by atoms with Gasteiger partial charge < -0.3 is 15.7 Å². The number of carbonyl (C=O) groups excluding carboxylic acids is 1.